The number of rotatable bonds is 7. The first-order chi connectivity index (χ1) is 11.1. The molecule has 120 valence electrons. The molecule has 1 N–H and O–H groups in total. The molecule has 2 aromatic rings. The van der Waals surface area contributed by atoms with Crippen molar-refractivity contribution in [3.8, 4) is 0 Å². The SMILES string of the molecule is CC(C)OC(=O)[C@H](CC(=O)c1ccccc1)Nc1ccccc1. The molecule has 0 radical (unpaired) electrons. The molecule has 0 unspecified atom stereocenters. The lowest BCUT2D eigenvalue weighted by Crippen LogP contribution is -2.35. The Hall–Kier alpha value is -2.62. The van der Waals surface area contributed by atoms with Crippen molar-refractivity contribution in [1.82, 2.24) is 0 Å². The standard InChI is InChI=1S/C19H21NO3/c1-14(2)23-19(22)17(20-16-11-7-4-8-12-16)13-18(21)15-9-5-3-6-10-15/h3-12,14,17,20H,13H2,1-2H3/t17-/m0/s1. The van der Waals surface area contributed by atoms with E-state index < -0.39 is 12.0 Å². The summed E-state index contributed by atoms with van der Waals surface area (Å²) in [6.07, 6.45) is -0.181. The molecule has 4 nitrogen and oxygen atoms in total. The Kier molecular flexibility index (Phi) is 5.92. The summed E-state index contributed by atoms with van der Waals surface area (Å²) in [5.74, 6) is -0.520. The molecule has 0 saturated carbocycles. The van der Waals surface area contributed by atoms with Gasteiger partial charge in [-0.05, 0) is 26.0 Å². The molecule has 0 spiro atoms. The average Bonchev–Trinajstić information content (AvgIpc) is 2.55. The van der Waals surface area contributed by atoms with E-state index in [1.54, 1.807) is 38.1 Å². The highest BCUT2D eigenvalue weighted by Gasteiger charge is 2.24. The van der Waals surface area contributed by atoms with Gasteiger partial charge in [0.05, 0.1) is 6.10 Å². The van der Waals surface area contributed by atoms with Crippen LogP contribution in [0.1, 0.15) is 30.6 Å². The summed E-state index contributed by atoms with van der Waals surface area (Å²) in [5.41, 5.74) is 1.36. The van der Waals surface area contributed by atoms with Crippen LogP contribution < -0.4 is 5.32 Å². The third-order valence-electron chi connectivity index (χ3n) is 3.24. The van der Waals surface area contributed by atoms with Gasteiger partial charge in [0.1, 0.15) is 6.04 Å². The van der Waals surface area contributed by atoms with Crippen LogP contribution in [0.25, 0.3) is 0 Å². The molecule has 2 rings (SSSR count). The third-order valence-corrected chi connectivity index (χ3v) is 3.24. The van der Waals surface area contributed by atoms with Crippen molar-refractivity contribution in [1.29, 1.82) is 0 Å². The number of Topliss-reactive ketones (excluding diaryl/α,β-unsaturated/α-hetero) is 1. The summed E-state index contributed by atoms with van der Waals surface area (Å²) in [6.45, 7) is 3.58. The van der Waals surface area contributed by atoms with Gasteiger partial charge in [0.25, 0.3) is 0 Å². The van der Waals surface area contributed by atoms with Crippen molar-refractivity contribution in [2.45, 2.75) is 32.4 Å². The van der Waals surface area contributed by atoms with Crippen LogP contribution in [-0.4, -0.2) is 23.9 Å². The molecule has 0 fully saturated rings. The highest BCUT2D eigenvalue weighted by atomic mass is 16.5. The number of hydrogen-bond donors (Lipinski definition) is 1. The van der Waals surface area contributed by atoms with E-state index in [0.717, 1.165) is 5.69 Å². The summed E-state index contributed by atoms with van der Waals surface area (Å²) in [5, 5.41) is 3.09. The lowest BCUT2D eigenvalue weighted by Gasteiger charge is -2.19. The van der Waals surface area contributed by atoms with Gasteiger partial charge in [0.2, 0.25) is 0 Å². The molecule has 1 atom stereocenters. The first-order valence-corrected chi connectivity index (χ1v) is 7.66. The number of hydrogen-bond acceptors (Lipinski definition) is 4. The summed E-state index contributed by atoms with van der Waals surface area (Å²) in [6, 6.07) is 17.6. The number of ketones is 1. The molecular formula is C19H21NO3. The summed E-state index contributed by atoms with van der Waals surface area (Å²) >= 11 is 0. The minimum absolute atomic E-state index is 0.0461. The molecule has 0 aliphatic heterocycles. The van der Waals surface area contributed by atoms with Crippen LogP contribution in [0.2, 0.25) is 0 Å². The minimum atomic E-state index is -0.715. The van der Waals surface area contributed by atoms with E-state index in [1.165, 1.54) is 0 Å². The van der Waals surface area contributed by atoms with Gasteiger partial charge in [0, 0.05) is 17.7 Å². The average molecular weight is 311 g/mol. The van der Waals surface area contributed by atoms with Crippen molar-refractivity contribution in [2.24, 2.45) is 0 Å². The van der Waals surface area contributed by atoms with Crippen LogP contribution in [0, 0.1) is 0 Å². The largest absolute Gasteiger partial charge is 0.461 e. The Morgan fingerprint density at radius 1 is 0.957 bits per heavy atom. The van der Waals surface area contributed by atoms with Gasteiger partial charge in [-0.15, -0.1) is 0 Å². The van der Waals surface area contributed by atoms with Crippen molar-refractivity contribution >= 4 is 17.4 Å². The third kappa shape index (κ3) is 5.25. The Bertz CT molecular complexity index is 638. The predicted molar refractivity (Wildman–Crippen MR) is 90.5 cm³/mol. The van der Waals surface area contributed by atoms with Crippen LogP contribution in [0.15, 0.2) is 60.7 Å². The molecule has 0 amide bonds. The van der Waals surface area contributed by atoms with E-state index in [0.29, 0.717) is 5.56 Å². The number of carbonyl (C=O) groups is 2. The lowest BCUT2D eigenvalue weighted by molar-refractivity contribution is -0.148. The molecule has 0 aromatic heterocycles. The molecule has 0 saturated heterocycles. The Morgan fingerprint density at radius 2 is 1.52 bits per heavy atom. The fourth-order valence-corrected chi connectivity index (χ4v) is 2.17. The maximum absolute atomic E-state index is 12.4. The first-order valence-electron chi connectivity index (χ1n) is 7.66. The monoisotopic (exact) mass is 311 g/mol. The fraction of sp³-hybridized carbons (Fsp3) is 0.263. The van der Waals surface area contributed by atoms with Gasteiger partial charge < -0.3 is 10.1 Å². The normalized spacial score (nSPS) is 11.8. The zero-order valence-corrected chi connectivity index (χ0v) is 13.4. The van der Waals surface area contributed by atoms with E-state index >= 15 is 0 Å². The van der Waals surface area contributed by atoms with Crippen LogP contribution in [-0.2, 0) is 9.53 Å². The van der Waals surface area contributed by atoms with Crippen LogP contribution in [0.3, 0.4) is 0 Å². The highest BCUT2D eigenvalue weighted by molar-refractivity contribution is 5.99. The second-order valence-corrected chi connectivity index (χ2v) is 5.54. The van der Waals surface area contributed by atoms with Crippen LogP contribution >= 0.6 is 0 Å². The van der Waals surface area contributed by atoms with Crippen molar-refractivity contribution in [3.63, 3.8) is 0 Å². The molecule has 4 heteroatoms. The smallest absolute Gasteiger partial charge is 0.329 e. The number of nitrogens with one attached hydrogen (secondary N) is 1. The Labute approximate surface area is 136 Å². The van der Waals surface area contributed by atoms with E-state index in [1.807, 2.05) is 36.4 Å². The molecule has 0 aliphatic rings. The van der Waals surface area contributed by atoms with E-state index in [-0.39, 0.29) is 18.3 Å². The molecule has 23 heavy (non-hydrogen) atoms. The molecule has 2 aromatic carbocycles. The van der Waals surface area contributed by atoms with Gasteiger partial charge in [0.15, 0.2) is 5.78 Å². The van der Waals surface area contributed by atoms with Gasteiger partial charge in [-0.3, -0.25) is 4.79 Å². The zero-order valence-electron chi connectivity index (χ0n) is 13.4. The molecule has 0 aliphatic carbocycles. The van der Waals surface area contributed by atoms with Gasteiger partial charge in [-0.1, -0.05) is 48.5 Å². The maximum atomic E-state index is 12.4. The number of carbonyl (C=O) groups excluding carboxylic acids is 2. The minimum Gasteiger partial charge on any atom is -0.461 e. The molecule has 0 heterocycles. The van der Waals surface area contributed by atoms with Gasteiger partial charge in [-0.25, -0.2) is 4.79 Å². The number of ether oxygens (including phenoxy) is 1. The second kappa shape index (κ2) is 8.13. The van der Waals surface area contributed by atoms with E-state index in [4.69, 9.17) is 4.74 Å². The Balaban J connectivity index is 2.12. The van der Waals surface area contributed by atoms with Gasteiger partial charge >= 0.3 is 5.97 Å². The topological polar surface area (TPSA) is 55.4 Å². The fourth-order valence-electron chi connectivity index (χ4n) is 2.17. The number of para-hydroxylation sites is 1. The zero-order chi connectivity index (χ0) is 16.7. The van der Waals surface area contributed by atoms with E-state index in [9.17, 15) is 9.59 Å². The maximum Gasteiger partial charge on any atom is 0.329 e. The quantitative estimate of drug-likeness (QED) is 0.626. The van der Waals surface area contributed by atoms with E-state index in [2.05, 4.69) is 5.32 Å². The lowest BCUT2D eigenvalue weighted by atomic mass is 10.0. The summed E-state index contributed by atoms with van der Waals surface area (Å²) in [4.78, 5) is 24.7. The second-order valence-electron chi connectivity index (χ2n) is 5.54. The van der Waals surface area contributed by atoms with Crippen LogP contribution in [0.5, 0.6) is 0 Å². The van der Waals surface area contributed by atoms with Crippen LogP contribution in [0.4, 0.5) is 5.69 Å². The summed E-state index contributed by atoms with van der Waals surface area (Å²) < 4.78 is 5.27. The first kappa shape index (κ1) is 16.7. The number of anilines is 1. The highest BCUT2D eigenvalue weighted by Crippen LogP contribution is 2.14. The van der Waals surface area contributed by atoms with Gasteiger partial charge in [-0.2, -0.15) is 0 Å². The molecular weight excluding hydrogens is 290 g/mol. The van der Waals surface area contributed by atoms with Crippen molar-refractivity contribution in [2.75, 3.05) is 5.32 Å². The molecule has 0 bridgehead atoms. The number of esters is 1. The number of benzene rings is 2. The Morgan fingerprint density at radius 3 is 2.09 bits per heavy atom. The summed E-state index contributed by atoms with van der Waals surface area (Å²) in [7, 11) is 0. The van der Waals surface area contributed by atoms with Crippen molar-refractivity contribution < 1.29 is 14.3 Å². The van der Waals surface area contributed by atoms with Crippen molar-refractivity contribution in [3.05, 3.63) is 66.2 Å². The predicted octanol–water partition coefficient (Wildman–Crippen LogP) is 3.69.